The maximum absolute atomic E-state index is 9.76. The van der Waals surface area contributed by atoms with Crippen LogP contribution in [0.2, 0.25) is 0 Å². The third-order valence-electron chi connectivity index (χ3n) is 5.97. The standard InChI is InChI=1S/C23H29N5O/c1-3-16-13-17(29)10-11-20(16)27-23(24)18-14-25-28-12-6-9-21(28)22(18)26-19-8-5-4-7-15(19)2/h6,9-15,19,26,29H,3-5,7-8H2,1-2H3,(H2,24,27). The van der Waals surface area contributed by atoms with Gasteiger partial charge >= 0.3 is 0 Å². The predicted molar refractivity (Wildman–Crippen MR) is 118 cm³/mol. The molecule has 4 rings (SSSR count). The van der Waals surface area contributed by atoms with E-state index < -0.39 is 0 Å². The van der Waals surface area contributed by atoms with Gasteiger partial charge in [-0.1, -0.05) is 26.7 Å². The van der Waals surface area contributed by atoms with Crippen molar-refractivity contribution in [3.63, 3.8) is 0 Å². The Labute approximate surface area is 171 Å². The van der Waals surface area contributed by atoms with Gasteiger partial charge in [-0.05, 0) is 61.1 Å². The van der Waals surface area contributed by atoms with Crippen LogP contribution in [0.4, 0.5) is 11.4 Å². The normalized spacial score (nSPS) is 20.1. The molecule has 1 fully saturated rings. The molecule has 2 atom stereocenters. The summed E-state index contributed by atoms with van der Waals surface area (Å²) in [5.41, 5.74) is 11.0. The van der Waals surface area contributed by atoms with Crippen LogP contribution < -0.4 is 11.1 Å². The second kappa shape index (κ2) is 8.15. The van der Waals surface area contributed by atoms with Crippen LogP contribution in [0.15, 0.2) is 47.7 Å². The Kier molecular flexibility index (Phi) is 5.43. The Morgan fingerprint density at radius 2 is 2.14 bits per heavy atom. The van der Waals surface area contributed by atoms with Crippen LogP contribution >= 0.6 is 0 Å². The van der Waals surface area contributed by atoms with E-state index in [1.54, 1.807) is 24.4 Å². The highest BCUT2D eigenvalue weighted by atomic mass is 16.3. The van der Waals surface area contributed by atoms with Crippen molar-refractivity contribution in [3.8, 4) is 5.75 Å². The Morgan fingerprint density at radius 3 is 2.93 bits per heavy atom. The highest BCUT2D eigenvalue weighted by Crippen LogP contribution is 2.31. The predicted octanol–water partition coefficient (Wildman–Crippen LogP) is 4.63. The molecule has 6 heteroatoms. The van der Waals surface area contributed by atoms with E-state index in [4.69, 9.17) is 10.7 Å². The number of hydrogen-bond donors (Lipinski definition) is 3. The molecule has 4 N–H and O–H groups in total. The summed E-state index contributed by atoms with van der Waals surface area (Å²) < 4.78 is 1.87. The second-order valence-electron chi connectivity index (χ2n) is 7.95. The number of hydrogen-bond acceptors (Lipinski definition) is 4. The molecular formula is C23H29N5O. The molecule has 0 saturated heterocycles. The van der Waals surface area contributed by atoms with Crippen molar-refractivity contribution in [2.45, 2.75) is 52.0 Å². The number of benzene rings is 1. The highest BCUT2D eigenvalue weighted by molar-refractivity contribution is 6.06. The first-order valence-corrected chi connectivity index (χ1v) is 10.5. The molecule has 2 unspecified atom stereocenters. The minimum atomic E-state index is 0.240. The summed E-state index contributed by atoms with van der Waals surface area (Å²) in [6.07, 6.45) is 9.44. The summed E-state index contributed by atoms with van der Waals surface area (Å²) in [6, 6.07) is 9.64. The van der Waals surface area contributed by atoms with E-state index in [-0.39, 0.29) is 5.75 Å². The van der Waals surface area contributed by atoms with Crippen molar-refractivity contribution in [2.24, 2.45) is 16.6 Å². The van der Waals surface area contributed by atoms with Crippen molar-refractivity contribution < 1.29 is 5.11 Å². The molecule has 0 aliphatic heterocycles. The van der Waals surface area contributed by atoms with Gasteiger partial charge in [-0.15, -0.1) is 0 Å². The van der Waals surface area contributed by atoms with E-state index in [0.717, 1.165) is 40.9 Å². The molecule has 0 bridgehead atoms. The number of fused-ring (bicyclic) bond motifs is 1. The smallest absolute Gasteiger partial charge is 0.135 e. The van der Waals surface area contributed by atoms with Gasteiger partial charge in [-0.2, -0.15) is 5.10 Å². The lowest BCUT2D eigenvalue weighted by molar-refractivity contribution is 0.349. The quantitative estimate of drug-likeness (QED) is 0.437. The van der Waals surface area contributed by atoms with Gasteiger partial charge in [-0.25, -0.2) is 9.51 Å². The molecule has 1 aromatic carbocycles. The van der Waals surface area contributed by atoms with Gasteiger partial charge < -0.3 is 16.2 Å². The van der Waals surface area contributed by atoms with Gasteiger partial charge in [-0.3, -0.25) is 0 Å². The number of anilines is 1. The fourth-order valence-electron chi connectivity index (χ4n) is 4.21. The average molecular weight is 392 g/mol. The topological polar surface area (TPSA) is 87.9 Å². The van der Waals surface area contributed by atoms with Gasteiger partial charge in [0.1, 0.15) is 11.6 Å². The minimum absolute atomic E-state index is 0.240. The summed E-state index contributed by atoms with van der Waals surface area (Å²) in [6.45, 7) is 4.35. The van der Waals surface area contributed by atoms with Gasteiger partial charge in [0.15, 0.2) is 0 Å². The molecule has 0 spiro atoms. The third kappa shape index (κ3) is 3.92. The molecule has 2 heterocycles. The van der Waals surface area contributed by atoms with E-state index in [1.165, 1.54) is 19.3 Å². The first-order chi connectivity index (χ1) is 14.1. The third-order valence-corrected chi connectivity index (χ3v) is 5.97. The molecule has 1 aliphatic carbocycles. The first kappa shape index (κ1) is 19.3. The molecule has 1 aliphatic rings. The second-order valence-corrected chi connectivity index (χ2v) is 7.95. The van der Waals surface area contributed by atoms with E-state index in [9.17, 15) is 5.11 Å². The molecule has 2 aromatic heterocycles. The van der Waals surface area contributed by atoms with Gasteiger partial charge in [0, 0.05) is 12.2 Å². The summed E-state index contributed by atoms with van der Waals surface area (Å²) >= 11 is 0. The SMILES string of the molecule is CCc1cc(O)ccc1N=C(N)c1cnn2cccc2c1NC1CCCCC1C. The number of nitrogens with one attached hydrogen (secondary N) is 1. The summed E-state index contributed by atoms with van der Waals surface area (Å²) in [5, 5.41) is 18.0. The number of amidine groups is 1. The van der Waals surface area contributed by atoms with E-state index in [2.05, 4.69) is 23.4 Å². The van der Waals surface area contributed by atoms with Crippen LogP contribution in [0.25, 0.3) is 5.52 Å². The van der Waals surface area contributed by atoms with Crippen LogP contribution in [-0.4, -0.2) is 26.6 Å². The van der Waals surface area contributed by atoms with Gasteiger partial charge in [0.25, 0.3) is 0 Å². The first-order valence-electron chi connectivity index (χ1n) is 10.5. The fraction of sp³-hybridized carbons (Fsp3) is 0.391. The molecule has 0 amide bonds. The summed E-state index contributed by atoms with van der Waals surface area (Å²) in [5.74, 6) is 1.28. The maximum atomic E-state index is 9.76. The number of phenols is 1. The average Bonchev–Trinajstić information content (AvgIpc) is 3.20. The molecular weight excluding hydrogens is 362 g/mol. The van der Waals surface area contributed by atoms with Gasteiger partial charge in [0.2, 0.25) is 0 Å². The zero-order chi connectivity index (χ0) is 20.4. The van der Waals surface area contributed by atoms with Gasteiger partial charge in [0.05, 0.1) is 28.7 Å². The van der Waals surface area contributed by atoms with E-state index in [0.29, 0.717) is 17.8 Å². The number of nitrogens with zero attached hydrogens (tertiary/aromatic N) is 3. The number of aliphatic imine (C=N–C) groups is 1. The van der Waals surface area contributed by atoms with Crippen LogP contribution in [0, 0.1) is 5.92 Å². The zero-order valence-electron chi connectivity index (χ0n) is 17.1. The van der Waals surface area contributed by atoms with Crippen molar-refractivity contribution in [1.82, 2.24) is 9.61 Å². The highest BCUT2D eigenvalue weighted by Gasteiger charge is 2.23. The van der Waals surface area contributed by atoms with Crippen molar-refractivity contribution in [2.75, 3.05) is 5.32 Å². The minimum Gasteiger partial charge on any atom is -0.508 e. The summed E-state index contributed by atoms with van der Waals surface area (Å²) in [4.78, 5) is 4.70. The van der Waals surface area contributed by atoms with E-state index >= 15 is 0 Å². The van der Waals surface area contributed by atoms with Crippen LogP contribution in [-0.2, 0) is 6.42 Å². The Morgan fingerprint density at radius 1 is 1.31 bits per heavy atom. The fourth-order valence-corrected chi connectivity index (χ4v) is 4.21. The van der Waals surface area contributed by atoms with Crippen LogP contribution in [0.1, 0.15) is 50.7 Å². The molecule has 29 heavy (non-hydrogen) atoms. The van der Waals surface area contributed by atoms with Crippen molar-refractivity contribution >= 4 is 22.7 Å². The Hall–Kier alpha value is -3.02. The molecule has 3 aromatic rings. The molecule has 1 saturated carbocycles. The zero-order valence-corrected chi connectivity index (χ0v) is 17.1. The number of phenolic OH excluding ortho intramolecular Hbond substituents is 1. The van der Waals surface area contributed by atoms with Crippen LogP contribution in [0.3, 0.4) is 0 Å². The lowest BCUT2D eigenvalue weighted by Crippen LogP contribution is -2.32. The van der Waals surface area contributed by atoms with Crippen molar-refractivity contribution in [3.05, 3.63) is 53.9 Å². The number of nitrogens with two attached hydrogens (primary N) is 1. The monoisotopic (exact) mass is 391 g/mol. The number of rotatable bonds is 5. The number of aryl methyl sites for hydroxylation is 1. The molecule has 6 nitrogen and oxygen atoms in total. The summed E-state index contributed by atoms with van der Waals surface area (Å²) in [7, 11) is 0. The number of aromatic nitrogens is 2. The molecule has 0 radical (unpaired) electrons. The van der Waals surface area contributed by atoms with E-state index in [1.807, 2.05) is 23.7 Å². The maximum Gasteiger partial charge on any atom is 0.135 e. The Bertz CT molecular complexity index is 1040. The Balaban J connectivity index is 1.77. The number of aromatic hydroxyl groups is 1. The lowest BCUT2D eigenvalue weighted by atomic mass is 9.85. The van der Waals surface area contributed by atoms with Crippen LogP contribution in [0.5, 0.6) is 5.75 Å². The molecule has 152 valence electrons. The largest absolute Gasteiger partial charge is 0.508 e. The van der Waals surface area contributed by atoms with Crippen molar-refractivity contribution in [1.29, 1.82) is 0 Å². The lowest BCUT2D eigenvalue weighted by Gasteiger charge is -2.31.